The van der Waals surface area contributed by atoms with E-state index in [1.54, 1.807) is 35.4 Å². The molecular formula is C25H25ClN4O3. The van der Waals surface area contributed by atoms with Crippen molar-refractivity contribution in [2.24, 2.45) is 0 Å². The van der Waals surface area contributed by atoms with Crippen LogP contribution >= 0.6 is 11.6 Å². The zero-order valence-electron chi connectivity index (χ0n) is 18.8. The highest BCUT2D eigenvalue weighted by molar-refractivity contribution is 6.31. The number of aromatic nitrogens is 3. The Morgan fingerprint density at radius 1 is 1.27 bits per heavy atom. The topological polar surface area (TPSA) is 84.1 Å². The van der Waals surface area contributed by atoms with Crippen LogP contribution in [0.25, 0.3) is 17.0 Å². The van der Waals surface area contributed by atoms with Gasteiger partial charge in [0.25, 0.3) is 5.56 Å². The lowest BCUT2D eigenvalue weighted by Gasteiger charge is -2.18. The second kappa shape index (κ2) is 9.50. The predicted molar refractivity (Wildman–Crippen MR) is 129 cm³/mol. The standard InChI is InChI=1S/C25H25ClN4O3/c1-4-29(15-23-27-22-13-19(26)8-9-21(22)25(32)28-23)24(31)10-7-18-12-16(2)30(17(18)3)14-20-6-5-11-33-20/h5-13H,4,14-15H2,1-3H3,(H,27,28,32)/b10-7+. The maximum absolute atomic E-state index is 12.9. The second-order valence-corrected chi connectivity index (χ2v) is 8.29. The van der Waals surface area contributed by atoms with Gasteiger partial charge in [0.15, 0.2) is 0 Å². The number of benzene rings is 1. The summed E-state index contributed by atoms with van der Waals surface area (Å²) in [6.07, 6.45) is 5.04. The van der Waals surface area contributed by atoms with E-state index in [0.717, 1.165) is 22.7 Å². The number of hydrogen-bond donors (Lipinski definition) is 1. The van der Waals surface area contributed by atoms with E-state index >= 15 is 0 Å². The fourth-order valence-corrected chi connectivity index (χ4v) is 3.99. The number of likely N-dealkylation sites (N-methyl/N-ethyl adjacent to an activating group) is 1. The lowest BCUT2D eigenvalue weighted by molar-refractivity contribution is -0.126. The third-order valence-corrected chi connectivity index (χ3v) is 5.90. The number of H-pyrrole nitrogens is 1. The zero-order chi connectivity index (χ0) is 23.5. The van der Waals surface area contributed by atoms with E-state index in [1.807, 2.05) is 45.0 Å². The number of halogens is 1. The highest BCUT2D eigenvalue weighted by Crippen LogP contribution is 2.19. The van der Waals surface area contributed by atoms with Gasteiger partial charge in [-0.3, -0.25) is 9.59 Å². The van der Waals surface area contributed by atoms with Crippen molar-refractivity contribution in [3.63, 3.8) is 0 Å². The SMILES string of the molecule is CCN(Cc1nc2cc(Cl)ccc2c(=O)[nH]1)C(=O)/C=C/c1cc(C)n(Cc2ccco2)c1C. The van der Waals surface area contributed by atoms with Crippen LogP contribution in [-0.2, 0) is 17.9 Å². The Balaban J connectivity index is 1.52. The highest BCUT2D eigenvalue weighted by atomic mass is 35.5. The number of amides is 1. The van der Waals surface area contributed by atoms with Gasteiger partial charge in [-0.2, -0.15) is 0 Å². The molecule has 8 heteroatoms. The minimum Gasteiger partial charge on any atom is -0.467 e. The molecule has 0 aliphatic rings. The van der Waals surface area contributed by atoms with Crippen molar-refractivity contribution < 1.29 is 9.21 Å². The number of carbonyl (C=O) groups is 1. The molecule has 1 amide bonds. The van der Waals surface area contributed by atoms with E-state index in [1.165, 1.54) is 0 Å². The summed E-state index contributed by atoms with van der Waals surface area (Å²) in [5.41, 5.74) is 3.35. The van der Waals surface area contributed by atoms with Crippen molar-refractivity contribution in [1.82, 2.24) is 19.4 Å². The van der Waals surface area contributed by atoms with Gasteiger partial charge in [0, 0.05) is 29.0 Å². The van der Waals surface area contributed by atoms with Gasteiger partial charge in [0.2, 0.25) is 5.91 Å². The van der Waals surface area contributed by atoms with Crippen LogP contribution in [0, 0.1) is 13.8 Å². The van der Waals surface area contributed by atoms with Gasteiger partial charge in [-0.1, -0.05) is 11.6 Å². The lowest BCUT2D eigenvalue weighted by Crippen LogP contribution is -2.30. The Morgan fingerprint density at radius 3 is 2.82 bits per heavy atom. The van der Waals surface area contributed by atoms with Crippen LogP contribution in [0.2, 0.25) is 5.02 Å². The molecule has 33 heavy (non-hydrogen) atoms. The molecule has 170 valence electrons. The molecule has 0 fully saturated rings. The summed E-state index contributed by atoms with van der Waals surface area (Å²) in [5.74, 6) is 1.12. The molecule has 0 aliphatic carbocycles. The van der Waals surface area contributed by atoms with Crippen molar-refractivity contribution >= 4 is 34.5 Å². The van der Waals surface area contributed by atoms with Crippen molar-refractivity contribution in [1.29, 1.82) is 0 Å². The second-order valence-electron chi connectivity index (χ2n) is 7.85. The minimum atomic E-state index is -0.255. The van der Waals surface area contributed by atoms with E-state index in [-0.39, 0.29) is 18.0 Å². The largest absolute Gasteiger partial charge is 0.467 e. The molecule has 4 rings (SSSR count). The molecule has 0 spiro atoms. The Bertz CT molecular complexity index is 1380. The number of aryl methyl sites for hydroxylation is 1. The van der Waals surface area contributed by atoms with Gasteiger partial charge in [0.05, 0.1) is 30.3 Å². The molecule has 0 saturated heterocycles. The number of rotatable bonds is 7. The van der Waals surface area contributed by atoms with Crippen LogP contribution < -0.4 is 5.56 Å². The molecule has 1 aromatic carbocycles. The summed E-state index contributed by atoms with van der Waals surface area (Å²) in [4.78, 5) is 34.1. The van der Waals surface area contributed by atoms with Crippen molar-refractivity contribution in [2.45, 2.75) is 33.9 Å². The summed E-state index contributed by atoms with van der Waals surface area (Å²) >= 11 is 6.04. The monoisotopic (exact) mass is 464 g/mol. The summed E-state index contributed by atoms with van der Waals surface area (Å²) in [7, 11) is 0. The fraction of sp³-hybridized carbons (Fsp3) is 0.240. The van der Waals surface area contributed by atoms with Crippen LogP contribution in [0.5, 0.6) is 0 Å². The van der Waals surface area contributed by atoms with Crippen LogP contribution in [-0.4, -0.2) is 31.9 Å². The summed E-state index contributed by atoms with van der Waals surface area (Å²) in [5, 5.41) is 0.963. The van der Waals surface area contributed by atoms with E-state index in [4.69, 9.17) is 16.0 Å². The maximum atomic E-state index is 12.9. The molecule has 3 heterocycles. The number of nitrogens with zero attached hydrogens (tertiary/aromatic N) is 3. The molecule has 3 aromatic heterocycles. The van der Waals surface area contributed by atoms with E-state index in [2.05, 4.69) is 14.5 Å². The normalized spacial score (nSPS) is 11.5. The van der Waals surface area contributed by atoms with Crippen LogP contribution in [0.4, 0.5) is 0 Å². The molecule has 0 aliphatic heterocycles. The molecule has 7 nitrogen and oxygen atoms in total. The van der Waals surface area contributed by atoms with Gasteiger partial charge in [0.1, 0.15) is 11.6 Å². The van der Waals surface area contributed by atoms with Crippen LogP contribution in [0.3, 0.4) is 0 Å². The first-order chi connectivity index (χ1) is 15.9. The molecule has 0 saturated carbocycles. The fourth-order valence-electron chi connectivity index (χ4n) is 3.83. The first-order valence-corrected chi connectivity index (χ1v) is 11.1. The average molecular weight is 465 g/mol. The smallest absolute Gasteiger partial charge is 0.258 e. The van der Waals surface area contributed by atoms with Gasteiger partial charge >= 0.3 is 0 Å². The predicted octanol–water partition coefficient (Wildman–Crippen LogP) is 4.70. The van der Waals surface area contributed by atoms with Crippen molar-refractivity contribution in [2.75, 3.05) is 6.54 Å². The number of hydrogen-bond acceptors (Lipinski definition) is 4. The third kappa shape index (κ3) is 4.93. The number of carbonyl (C=O) groups excluding carboxylic acids is 1. The van der Waals surface area contributed by atoms with Crippen molar-refractivity contribution in [3.05, 3.63) is 92.6 Å². The van der Waals surface area contributed by atoms with Crippen molar-refractivity contribution in [3.8, 4) is 0 Å². The Kier molecular flexibility index (Phi) is 6.51. The number of furan rings is 1. The van der Waals surface area contributed by atoms with Crippen LogP contribution in [0.15, 0.2) is 57.9 Å². The number of nitrogens with one attached hydrogen (secondary N) is 1. The van der Waals surface area contributed by atoms with Gasteiger partial charge in [-0.25, -0.2) is 4.98 Å². The number of aromatic amines is 1. The first-order valence-electron chi connectivity index (χ1n) is 10.7. The lowest BCUT2D eigenvalue weighted by atomic mass is 10.2. The van der Waals surface area contributed by atoms with Gasteiger partial charge in [-0.05, 0) is 68.8 Å². The Labute approximate surface area is 196 Å². The molecule has 0 unspecified atom stereocenters. The molecule has 0 radical (unpaired) electrons. The average Bonchev–Trinajstić information content (AvgIpc) is 3.39. The summed E-state index contributed by atoms with van der Waals surface area (Å²) in [6.45, 7) is 7.23. The Hall–Kier alpha value is -3.58. The quantitative estimate of drug-likeness (QED) is 0.402. The first kappa shape index (κ1) is 22.6. The zero-order valence-corrected chi connectivity index (χ0v) is 19.5. The minimum absolute atomic E-state index is 0.165. The maximum Gasteiger partial charge on any atom is 0.258 e. The molecule has 1 N–H and O–H groups in total. The van der Waals surface area contributed by atoms with E-state index in [0.29, 0.717) is 34.8 Å². The number of fused-ring (bicyclic) bond motifs is 1. The molecular weight excluding hydrogens is 440 g/mol. The molecule has 0 bridgehead atoms. The summed E-state index contributed by atoms with van der Waals surface area (Å²) in [6, 6.07) is 10.8. The summed E-state index contributed by atoms with van der Waals surface area (Å²) < 4.78 is 7.61. The third-order valence-electron chi connectivity index (χ3n) is 5.66. The van der Waals surface area contributed by atoms with E-state index < -0.39 is 0 Å². The molecule has 4 aromatic rings. The van der Waals surface area contributed by atoms with Crippen LogP contribution in [0.1, 0.15) is 35.5 Å². The van der Waals surface area contributed by atoms with Gasteiger partial charge < -0.3 is 18.9 Å². The van der Waals surface area contributed by atoms with E-state index in [9.17, 15) is 9.59 Å². The van der Waals surface area contributed by atoms with Gasteiger partial charge in [-0.15, -0.1) is 0 Å². The molecule has 0 atom stereocenters. The highest BCUT2D eigenvalue weighted by Gasteiger charge is 2.14. The Morgan fingerprint density at radius 2 is 2.09 bits per heavy atom.